The molecule has 1 rings (SSSR count). The molecule has 3 heteroatoms. The average molecular weight is 222 g/mol. The van der Waals surface area contributed by atoms with E-state index >= 15 is 0 Å². The fourth-order valence-corrected chi connectivity index (χ4v) is 3.22. The van der Waals surface area contributed by atoms with E-state index in [1.165, 1.54) is 18.1 Å². The Morgan fingerprint density at radius 1 is 1.46 bits per heavy atom. The van der Waals surface area contributed by atoms with Crippen molar-refractivity contribution >= 4 is 23.4 Å². The van der Waals surface area contributed by atoms with Crippen LogP contribution < -0.4 is 0 Å². The van der Waals surface area contributed by atoms with Gasteiger partial charge in [0.25, 0.3) is 0 Å². The number of rotatable bonds is 3. The third-order valence-corrected chi connectivity index (χ3v) is 4.39. The van der Waals surface area contributed by atoms with Crippen molar-refractivity contribution in [3.63, 3.8) is 0 Å². The van der Waals surface area contributed by atoms with Crippen molar-refractivity contribution in [1.29, 1.82) is 0 Å². The summed E-state index contributed by atoms with van der Waals surface area (Å²) in [5.74, 6) is 3.99. The largest absolute Gasteiger partial charge is 0.295 e. The first-order valence-electron chi connectivity index (χ1n) is 5.06. The van der Waals surface area contributed by atoms with E-state index < -0.39 is 0 Å². The molecule has 0 N–H and O–H groups in total. The fourth-order valence-electron chi connectivity index (χ4n) is 1.72. The Kier molecular flexibility index (Phi) is 4.91. The van der Waals surface area contributed by atoms with Crippen LogP contribution in [0.2, 0.25) is 0 Å². The Labute approximate surface area is 91.2 Å². The molecule has 0 bridgehead atoms. The summed E-state index contributed by atoms with van der Waals surface area (Å²) in [5, 5.41) is 0. The highest BCUT2D eigenvalue weighted by Crippen LogP contribution is 2.22. The summed E-state index contributed by atoms with van der Waals surface area (Å²) in [5.41, 5.74) is 0. The van der Waals surface area contributed by atoms with Gasteiger partial charge < -0.3 is 0 Å². The van der Waals surface area contributed by atoms with Crippen LogP contribution in [0.25, 0.3) is 0 Å². The minimum absolute atomic E-state index is 0.595. The van der Waals surface area contributed by atoms with Gasteiger partial charge in [0.05, 0.1) is 0 Å². The molecule has 78 valence electrons. The fraction of sp³-hybridized carbons (Fsp3) is 1.00. The maximum Gasteiger partial charge on any atom is 0.0387 e. The Morgan fingerprint density at radius 2 is 2.15 bits per heavy atom. The molecule has 1 nitrogen and oxygen atoms in total. The van der Waals surface area contributed by atoms with Crippen molar-refractivity contribution < 1.29 is 0 Å². The summed E-state index contributed by atoms with van der Waals surface area (Å²) < 4.78 is 0. The lowest BCUT2D eigenvalue weighted by atomic mass is 10.0. The van der Waals surface area contributed by atoms with Crippen molar-refractivity contribution in [3.05, 3.63) is 0 Å². The zero-order valence-corrected chi connectivity index (χ0v) is 10.4. The minimum Gasteiger partial charge on any atom is -0.295 e. The SMILES string of the molecule is CC(C)C(C)N1CCSCC1CCl. The van der Waals surface area contributed by atoms with Gasteiger partial charge in [-0.25, -0.2) is 0 Å². The molecule has 0 aliphatic carbocycles. The molecule has 1 aliphatic heterocycles. The van der Waals surface area contributed by atoms with E-state index in [-0.39, 0.29) is 0 Å². The van der Waals surface area contributed by atoms with Gasteiger partial charge in [-0.1, -0.05) is 13.8 Å². The molecule has 0 saturated carbocycles. The third kappa shape index (κ3) is 3.03. The van der Waals surface area contributed by atoms with E-state index in [9.17, 15) is 0 Å². The Hall–Kier alpha value is 0.600. The van der Waals surface area contributed by atoms with Gasteiger partial charge in [0.15, 0.2) is 0 Å². The van der Waals surface area contributed by atoms with Crippen LogP contribution >= 0.6 is 23.4 Å². The van der Waals surface area contributed by atoms with Crippen LogP contribution in [0, 0.1) is 5.92 Å². The van der Waals surface area contributed by atoms with Gasteiger partial charge in [-0.05, 0) is 12.8 Å². The minimum atomic E-state index is 0.595. The molecular formula is C10H20ClNS. The van der Waals surface area contributed by atoms with Crippen molar-refractivity contribution in [1.82, 2.24) is 4.90 Å². The number of hydrogen-bond donors (Lipinski definition) is 0. The van der Waals surface area contributed by atoms with Crippen LogP contribution in [0.1, 0.15) is 20.8 Å². The van der Waals surface area contributed by atoms with Crippen molar-refractivity contribution in [2.24, 2.45) is 5.92 Å². The zero-order chi connectivity index (χ0) is 9.84. The Balaban J connectivity index is 2.53. The zero-order valence-electron chi connectivity index (χ0n) is 8.79. The predicted octanol–water partition coefficient (Wildman–Crippen LogP) is 2.69. The Bertz CT molecular complexity index is 150. The molecule has 2 unspecified atom stereocenters. The van der Waals surface area contributed by atoms with Crippen LogP contribution in [0.3, 0.4) is 0 Å². The monoisotopic (exact) mass is 221 g/mol. The normalized spacial score (nSPS) is 27.9. The van der Waals surface area contributed by atoms with Crippen LogP contribution in [0.15, 0.2) is 0 Å². The molecule has 1 saturated heterocycles. The summed E-state index contributed by atoms with van der Waals surface area (Å²) in [6.07, 6.45) is 0. The van der Waals surface area contributed by atoms with Gasteiger partial charge in [0.1, 0.15) is 0 Å². The number of nitrogens with zero attached hydrogens (tertiary/aromatic N) is 1. The average Bonchev–Trinajstić information content (AvgIpc) is 2.16. The lowest BCUT2D eigenvalue weighted by Crippen LogP contribution is -2.50. The second-order valence-corrected chi connectivity index (χ2v) is 5.56. The quantitative estimate of drug-likeness (QED) is 0.675. The van der Waals surface area contributed by atoms with Crippen LogP contribution in [-0.4, -0.2) is 40.9 Å². The highest BCUT2D eigenvalue weighted by atomic mass is 35.5. The van der Waals surface area contributed by atoms with E-state index in [1.807, 2.05) is 11.8 Å². The molecular weight excluding hydrogens is 202 g/mol. The number of hydrogen-bond acceptors (Lipinski definition) is 2. The highest BCUT2D eigenvalue weighted by molar-refractivity contribution is 7.99. The molecule has 0 aromatic rings. The van der Waals surface area contributed by atoms with Gasteiger partial charge in [0, 0.05) is 36.0 Å². The summed E-state index contributed by atoms with van der Waals surface area (Å²) in [6.45, 7) is 8.11. The maximum atomic E-state index is 5.97. The van der Waals surface area contributed by atoms with Crippen LogP contribution in [-0.2, 0) is 0 Å². The molecule has 0 amide bonds. The summed E-state index contributed by atoms with van der Waals surface area (Å²) in [6, 6.07) is 1.27. The lowest BCUT2D eigenvalue weighted by Gasteiger charge is -2.40. The number of thioether (sulfide) groups is 1. The molecule has 2 atom stereocenters. The lowest BCUT2D eigenvalue weighted by molar-refractivity contribution is 0.139. The van der Waals surface area contributed by atoms with Gasteiger partial charge in [-0.3, -0.25) is 4.90 Å². The van der Waals surface area contributed by atoms with Crippen LogP contribution in [0.4, 0.5) is 0 Å². The molecule has 13 heavy (non-hydrogen) atoms. The van der Waals surface area contributed by atoms with Gasteiger partial charge >= 0.3 is 0 Å². The maximum absolute atomic E-state index is 5.97. The van der Waals surface area contributed by atoms with E-state index in [4.69, 9.17) is 11.6 Å². The van der Waals surface area contributed by atoms with E-state index in [2.05, 4.69) is 25.7 Å². The predicted molar refractivity (Wildman–Crippen MR) is 62.8 cm³/mol. The summed E-state index contributed by atoms with van der Waals surface area (Å²) >= 11 is 8.00. The summed E-state index contributed by atoms with van der Waals surface area (Å²) in [4.78, 5) is 2.58. The highest BCUT2D eigenvalue weighted by Gasteiger charge is 2.27. The first-order valence-corrected chi connectivity index (χ1v) is 6.75. The second kappa shape index (κ2) is 5.47. The topological polar surface area (TPSA) is 3.24 Å². The summed E-state index contributed by atoms with van der Waals surface area (Å²) in [7, 11) is 0. The van der Waals surface area contributed by atoms with Crippen molar-refractivity contribution in [2.75, 3.05) is 23.9 Å². The first-order chi connectivity index (χ1) is 6.16. The molecule has 0 aromatic carbocycles. The van der Waals surface area contributed by atoms with Crippen molar-refractivity contribution in [2.45, 2.75) is 32.9 Å². The third-order valence-electron chi connectivity index (χ3n) is 2.94. The van der Waals surface area contributed by atoms with Crippen molar-refractivity contribution in [3.8, 4) is 0 Å². The molecule has 1 fully saturated rings. The number of halogens is 1. The standard InChI is InChI=1S/C10H20ClNS/c1-8(2)9(3)12-4-5-13-7-10(12)6-11/h8-10H,4-7H2,1-3H3. The van der Waals surface area contributed by atoms with E-state index in [1.54, 1.807) is 0 Å². The van der Waals surface area contributed by atoms with Crippen LogP contribution in [0.5, 0.6) is 0 Å². The molecule has 0 radical (unpaired) electrons. The first kappa shape index (κ1) is 11.7. The molecule has 0 aromatic heterocycles. The smallest absolute Gasteiger partial charge is 0.0387 e. The van der Waals surface area contributed by atoms with E-state index in [0.29, 0.717) is 12.1 Å². The molecule has 1 heterocycles. The van der Waals surface area contributed by atoms with Gasteiger partial charge in [-0.15, -0.1) is 11.6 Å². The number of alkyl halides is 1. The second-order valence-electron chi connectivity index (χ2n) is 4.11. The molecule has 1 aliphatic rings. The van der Waals surface area contributed by atoms with E-state index in [0.717, 1.165) is 11.8 Å². The molecule has 0 spiro atoms. The van der Waals surface area contributed by atoms with Gasteiger partial charge in [0.2, 0.25) is 0 Å². The van der Waals surface area contributed by atoms with Gasteiger partial charge in [-0.2, -0.15) is 11.8 Å². The Morgan fingerprint density at radius 3 is 2.69 bits per heavy atom.